The molecule has 1 fully saturated rings. The van der Waals surface area contributed by atoms with Gasteiger partial charge in [0.1, 0.15) is 22.9 Å². The van der Waals surface area contributed by atoms with Crippen molar-refractivity contribution >= 4 is 5.78 Å². The predicted octanol–water partition coefficient (Wildman–Crippen LogP) is 3.83. The summed E-state index contributed by atoms with van der Waals surface area (Å²) in [5.74, 6) is 1.24. The molecule has 4 nitrogen and oxygen atoms in total. The van der Waals surface area contributed by atoms with E-state index in [-0.39, 0.29) is 11.6 Å². The second-order valence-electron chi connectivity index (χ2n) is 7.15. The Morgan fingerprint density at radius 3 is 2.58 bits per heavy atom. The van der Waals surface area contributed by atoms with E-state index in [0.717, 1.165) is 38.0 Å². The van der Waals surface area contributed by atoms with Gasteiger partial charge in [0.15, 0.2) is 5.78 Å². The summed E-state index contributed by atoms with van der Waals surface area (Å²) < 4.78 is 24.5. The highest BCUT2D eigenvalue weighted by Gasteiger charge is 2.42. The number of hydrogen-bond donors (Lipinski definition) is 0. The van der Waals surface area contributed by atoms with E-state index in [1.807, 2.05) is 24.3 Å². The number of piperidine rings is 1. The number of Topliss-reactive ketones (excluding diaryl/α,β-unsaturated/α-hetero) is 1. The first-order valence-corrected chi connectivity index (χ1v) is 8.94. The Labute approximate surface area is 152 Å². The standard InChI is InChI=1S/C21H22FNO3/c1-25-17-6-7-20-18(12-17)19(24)13-21(26-20)8-10-23(11-9-21)14-15-2-4-16(22)5-3-15/h2-7,12H,8-11,13-14H2,1H3. The molecule has 2 aromatic carbocycles. The van der Waals surface area contributed by atoms with Crippen LogP contribution in [0.25, 0.3) is 0 Å². The molecule has 1 saturated heterocycles. The topological polar surface area (TPSA) is 38.8 Å². The van der Waals surface area contributed by atoms with Crippen molar-refractivity contribution in [3.8, 4) is 11.5 Å². The zero-order valence-corrected chi connectivity index (χ0v) is 14.8. The minimum Gasteiger partial charge on any atom is -0.497 e. The molecule has 136 valence electrons. The second kappa shape index (κ2) is 6.72. The lowest BCUT2D eigenvalue weighted by Gasteiger charge is -2.44. The highest BCUT2D eigenvalue weighted by molar-refractivity contribution is 6.00. The van der Waals surface area contributed by atoms with Gasteiger partial charge in [-0.2, -0.15) is 0 Å². The predicted molar refractivity (Wildman–Crippen MR) is 96.2 cm³/mol. The van der Waals surface area contributed by atoms with E-state index in [1.54, 1.807) is 13.2 Å². The van der Waals surface area contributed by atoms with Crippen LogP contribution >= 0.6 is 0 Å². The molecule has 2 aliphatic heterocycles. The highest BCUT2D eigenvalue weighted by atomic mass is 19.1. The van der Waals surface area contributed by atoms with E-state index in [0.29, 0.717) is 23.5 Å². The molecule has 0 bridgehead atoms. The number of nitrogens with zero attached hydrogens (tertiary/aromatic N) is 1. The molecule has 2 heterocycles. The van der Waals surface area contributed by atoms with Crippen LogP contribution in [0.3, 0.4) is 0 Å². The van der Waals surface area contributed by atoms with Crippen molar-refractivity contribution in [2.24, 2.45) is 0 Å². The Balaban J connectivity index is 1.43. The number of fused-ring (bicyclic) bond motifs is 1. The Hall–Kier alpha value is -2.40. The molecule has 0 unspecified atom stereocenters. The minimum atomic E-state index is -0.405. The van der Waals surface area contributed by atoms with Crippen molar-refractivity contribution in [3.05, 3.63) is 59.4 Å². The van der Waals surface area contributed by atoms with Crippen molar-refractivity contribution in [1.82, 2.24) is 4.90 Å². The van der Waals surface area contributed by atoms with Crippen molar-refractivity contribution in [2.75, 3.05) is 20.2 Å². The summed E-state index contributed by atoms with van der Waals surface area (Å²) in [5, 5.41) is 0. The third-order valence-electron chi connectivity index (χ3n) is 5.38. The van der Waals surface area contributed by atoms with Crippen molar-refractivity contribution in [2.45, 2.75) is 31.4 Å². The van der Waals surface area contributed by atoms with Crippen LogP contribution in [0.15, 0.2) is 42.5 Å². The fraction of sp³-hybridized carbons (Fsp3) is 0.381. The third kappa shape index (κ3) is 3.31. The first-order valence-electron chi connectivity index (χ1n) is 8.94. The lowest BCUT2D eigenvalue weighted by Crippen LogP contribution is -2.50. The number of rotatable bonds is 3. The smallest absolute Gasteiger partial charge is 0.170 e. The highest BCUT2D eigenvalue weighted by Crippen LogP contribution is 2.40. The van der Waals surface area contributed by atoms with Crippen molar-refractivity contribution in [1.29, 1.82) is 0 Å². The summed E-state index contributed by atoms with van der Waals surface area (Å²) >= 11 is 0. The van der Waals surface area contributed by atoms with Crippen LogP contribution in [0.4, 0.5) is 4.39 Å². The molecular weight excluding hydrogens is 333 g/mol. The van der Waals surface area contributed by atoms with Crippen molar-refractivity contribution < 1.29 is 18.7 Å². The maximum absolute atomic E-state index is 13.0. The summed E-state index contributed by atoms with van der Waals surface area (Å²) in [6.45, 7) is 2.50. The van der Waals surface area contributed by atoms with Gasteiger partial charge >= 0.3 is 0 Å². The summed E-state index contributed by atoms with van der Waals surface area (Å²) in [6, 6.07) is 12.1. The SMILES string of the molecule is COc1ccc2c(c1)C(=O)CC1(CCN(Cc3ccc(F)cc3)CC1)O2. The van der Waals surface area contributed by atoms with E-state index in [2.05, 4.69) is 4.90 Å². The van der Waals surface area contributed by atoms with Crippen LogP contribution in [0.1, 0.15) is 35.2 Å². The Kier molecular flexibility index (Phi) is 4.41. The largest absolute Gasteiger partial charge is 0.497 e. The zero-order valence-electron chi connectivity index (χ0n) is 14.8. The first-order chi connectivity index (χ1) is 12.6. The Morgan fingerprint density at radius 2 is 1.88 bits per heavy atom. The van der Waals surface area contributed by atoms with Gasteiger partial charge in [-0.1, -0.05) is 12.1 Å². The first kappa shape index (κ1) is 17.0. The molecular formula is C21H22FNO3. The number of hydrogen-bond acceptors (Lipinski definition) is 4. The molecule has 0 N–H and O–H groups in total. The molecule has 2 aliphatic rings. The molecule has 0 radical (unpaired) electrons. The lowest BCUT2D eigenvalue weighted by atomic mass is 9.82. The molecule has 5 heteroatoms. The normalized spacial score (nSPS) is 19.1. The number of ketones is 1. The summed E-state index contributed by atoms with van der Waals surface area (Å²) in [4.78, 5) is 15.0. The molecule has 0 saturated carbocycles. The van der Waals surface area contributed by atoms with E-state index in [4.69, 9.17) is 9.47 Å². The van der Waals surface area contributed by atoms with Crippen LogP contribution in [-0.2, 0) is 6.54 Å². The van der Waals surface area contributed by atoms with Crippen LogP contribution in [0.2, 0.25) is 0 Å². The fourth-order valence-corrected chi connectivity index (χ4v) is 3.85. The molecule has 0 aliphatic carbocycles. The van der Waals surface area contributed by atoms with Gasteiger partial charge in [0.25, 0.3) is 0 Å². The minimum absolute atomic E-state index is 0.122. The average molecular weight is 355 g/mol. The van der Waals surface area contributed by atoms with Crippen LogP contribution in [0.5, 0.6) is 11.5 Å². The average Bonchev–Trinajstić information content (AvgIpc) is 2.65. The van der Waals surface area contributed by atoms with Gasteiger partial charge in [-0.3, -0.25) is 9.69 Å². The molecule has 0 amide bonds. The molecule has 26 heavy (non-hydrogen) atoms. The molecule has 4 rings (SSSR count). The number of halogens is 1. The summed E-state index contributed by atoms with van der Waals surface area (Å²) in [6.07, 6.45) is 2.04. The fourth-order valence-electron chi connectivity index (χ4n) is 3.85. The van der Waals surface area contributed by atoms with Crippen LogP contribution in [0, 0.1) is 5.82 Å². The zero-order chi connectivity index (χ0) is 18.1. The number of ether oxygens (including phenoxy) is 2. The lowest BCUT2D eigenvalue weighted by molar-refractivity contribution is -0.0108. The molecule has 1 spiro atoms. The van der Waals surface area contributed by atoms with Gasteiger partial charge in [-0.25, -0.2) is 4.39 Å². The van der Waals surface area contributed by atoms with Gasteiger partial charge in [0.05, 0.1) is 19.1 Å². The maximum Gasteiger partial charge on any atom is 0.170 e. The van der Waals surface area contributed by atoms with E-state index < -0.39 is 5.60 Å². The summed E-state index contributed by atoms with van der Waals surface area (Å²) in [7, 11) is 1.59. The third-order valence-corrected chi connectivity index (χ3v) is 5.38. The van der Waals surface area contributed by atoms with E-state index in [1.165, 1.54) is 12.1 Å². The number of carbonyl (C=O) groups excluding carboxylic acids is 1. The second-order valence-corrected chi connectivity index (χ2v) is 7.15. The number of methoxy groups -OCH3 is 1. The molecule has 0 atom stereocenters. The quantitative estimate of drug-likeness (QED) is 0.839. The Morgan fingerprint density at radius 1 is 1.15 bits per heavy atom. The summed E-state index contributed by atoms with van der Waals surface area (Å²) in [5.41, 5.74) is 1.31. The number of carbonyl (C=O) groups is 1. The monoisotopic (exact) mass is 355 g/mol. The van der Waals surface area contributed by atoms with Crippen molar-refractivity contribution in [3.63, 3.8) is 0 Å². The van der Waals surface area contributed by atoms with Gasteiger partial charge in [0.2, 0.25) is 0 Å². The number of likely N-dealkylation sites (tertiary alicyclic amines) is 1. The molecule has 0 aromatic heterocycles. The van der Waals surface area contributed by atoms with Gasteiger partial charge in [0, 0.05) is 32.5 Å². The van der Waals surface area contributed by atoms with Crippen LogP contribution in [-0.4, -0.2) is 36.5 Å². The molecule has 2 aromatic rings. The Bertz CT molecular complexity index is 811. The van der Waals surface area contributed by atoms with E-state index in [9.17, 15) is 9.18 Å². The maximum atomic E-state index is 13.0. The van der Waals surface area contributed by atoms with Crippen LogP contribution < -0.4 is 9.47 Å². The number of benzene rings is 2. The van der Waals surface area contributed by atoms with Gasteiger partial charge < -0.3 is 9.47 Å². The van der Waals surface area contributed by atoms with E-state index >= 15 is 0 Å². The van der Waals surface area contributed by atoms with Gasteiger partial charge in [-0.05, 0) is 35.9 Å². The van der Waals surface area contributed by atoms with Gasteiger partial charge in [-0.15, -0.1) is 0 Å².